The third-order valence-corrected chi connectivity index (χ3v) is 4.20. The van der Waals surface area contributed by atoms with Crippen molar-refractivity contribution in [1.29, 1.82) is 0 Å². The van der Waals surface area contributed by atoms with E-state index in [0.29, 0.717) is 5.56 Å². The molecule has 0 aliphatic carbocycles. The molecule has 0 saturated heterocycles. The van der Waals surface area contributed by atoms with Crippen LogP contribution in [0.25, 0.3) is 0 Å². The molecule has 2 rings (SSSR count). The lowest BCUT2D eigenvalue weighted by Crippen LogP contribution is -2.06. The van der Waals surface area contributed by atoms with Gasteiger partial charge in [0, 0.05) is 11.1 Å². The van der Waals surface area contributed by atoms with Gasteiger partial charge in [-0.25, -0.2) is 0 Å². The first kappa shape index (κ1) is 19.1. The topological polar surface area (TPSA) is 71.4 Å². The minimum atomic E-state index is -4.32. The zero-order valence-corrected chi connectivity index (χ0v) is 14.6. The average molecular weight is 334 g/mol. The van der Waals surface area contributed by atoms with Crippen molar-refractivity contribution in [3.05, 3.63) is 64.7 Å². The van der Waals surface area contributed by atoms with Crippen LogP contribution in [0.5, 0.6) is 0 Å². The van der Waals surface area contributed by atoms with Gasteiger partial charge in [0.2, 0.25) is 0 Å². The predicted octanol–water partition coefficient (Wildman–Crippen LogP) is 4.06. The summed E-state index contributed by atoms with van der Waals surface area (Å²) >= 11 is 0. The van der Waals surface area contributed by atoms with Crippen molar-refractivity contribution < 1.29 is 17.8 Å². The number of carbonyl (C=O) groups excluding carboxylic acids is 1. The van der Waals surface area contributed by atoms with Crippen molar-refractivity contribution in [2.75, 3.05) is 0 Å². The van der Waals surface area contributed by atoms with Gasteiger partial charge in [-0.3, -0.25) is 9.35 Å². The van der Waals surface area contributed by atoms with Crippen LogP contribution in [0.1, 0.15) is 47.8 Å². The van der Waals surface area contributed by atoms with E-state index >= 15 is 0 Å². The van der Waals surface area contributed by atoms with Crippen LogP contribution in [0.15, 0.2) is 47.4 Å². The molecule has 23 heavy (non-hydrogen) atoms. The van der Waals surface area contributed by atoms with E-state index in [4.69, 9.17) is 4.55 Å². The third kappa shape index (κ3) is 4.74. The van der Waals surface area contributed by atoms with Gasteiger partial charge in [-0.1, -0.05) is 45.0 Å². The highest BCUT2D eigenvalue weighted by Crippen LogP contribution is 2.19. The standard InChI is InChI=1S/C16H16O4S.C2H6/c1-3-12-8-7-11(2)15(9-12)16(17)13-5-4-6-14(10-13)21(18,19)20;1-2/h4-10H,3H2,1-2H3,(H,18,19,20);1-2H3. The second kappa shape index (κ2) is 8.04. The van der Waals surface area contributed by atoms with E-state index in [-0.39, 0.29) is 16.2 Å². The maximum atomic E-state index is 12.5. The molecule has 2 aromatic rings. The lowest BCUT2D eigenvalue weighted by molar-refractivity contribution is 0.103. The second-order valence-corrected chi connectivity index (χ2v) is 6.26. The molecule has 0 aliphatic rings. The molecule has 0 amide bonds. The van der Waals surface area contributed by atoms with Crippen LogP contribution in [0.3, 0.4) is 0 Å². The minimum absolute atomic E-state index is 0.237. The largest absolute Gasteiger partial charge is 0.294 e. The molecule has 0 aliphatic heterocycles. The van der Waals surface area contributed by atoms with Crippen LogP contribution in [-0.4, -0.2) is 18.8 Å². The highest BCUT2D eigenvalue weighted by Gasteiger charge is 2.16. The zero-order valence-electron chi connectivity index (χ0n) is 13.8. The normalized spacial score (nSPS) is 10.7. The number of hydrogen-bond donors (Lipinski definition) is 1. The Morgan fingerprint density at radius 1 is 1.09 bits per heavy atom. The molecule has 0 fully saturated rings. The fourth-order valence-electron chi connectivity index (χ4n) is 2.09. The molecular weight excluding hydrogens is 312 g/mol. The van der Waals surface area contributed by atoms with E-state index < -0.39 is 10.1 Å². The molecular formula is C18H22O4S. The van der Waals surface area contributed by atoms with E-state index in [2.05, 4.69) is 0 Å². The maximum Gasteiger partial charge on any atom is 0.294 e. The van der Waals surface area contributed by atoms with Gasteiger partial charge in [0.25, 0.3) is 10.1 Å². The highest BCUT2D eigenvalue weighted by molar-refractivity contribution is 7.85. The Balaban J connectivity index is 0.00000127. The Bertz CT molecular complexity index is 792. The van der Waals surface area contributed by atoms with E-state index in [9.17, 15) is 13.2 Å². The van der Waals surface area contributed by atoms with Gasteiger partial charge in [-0.05, 0) is 42.7 Å². The van der Waals surface area contributed by atoms with Gasteiger partial charge in [-0.15, -0.1) is 0 Å². The molecule has 0 radical (unpaired) electrons. The van der Waals surface area contributed by atoms with Gasteiger partial charge >= 0.3 is 0 Å². The molecule has 0 spiro atoms. The third-order valence-electron chi connectivity index (χ3n) is 3.35. The smallest absolute Gasteiger partial charge is 0.289 e. The summed E-state index contributed by atoms with van der Waals surface area (Å²) in [5.41, 5.74) is 2.65. The average Bonchev–Trinajstić information content (AvgIpc) is 2.56. The molecule has 5 heteroatoms. The van der Waals surface area contributed by atoms with E-state index in [1.165, 1.54) is 24.3 Å². The van der Waals surface area contributed by atoms with E-state index in [1.54, 1.807) is 0 Å². The van der Waals surface area contributed by atoms with Crippen LogP contribution in [0.2, 0.25) is 0 Å². The molecule has 1 N–H and O–H groups in total. The summed E-state index contributed by atoms with van der Waals surface area (Å²) in [7, 11) is -4.32. The van der Waals surface area contributed by atoms with Crippen LogP contribution >= 0.6 is 0 Å². The number of rotatable bonds is 4. The summed E-state index contributed by atoms with van der Waals surface area (Å²) in [6.45, 7) is 7.83. The number of aryl methyl sites for hydroxylation is 2. The number of ketones is 1. The second-order valence-electron chi connectivity index (χ2n) is 4.83. The monoisotopic (exact) mass is 334 g/mol. The Labute approximate surface area is 137 Å². The molecule has 0 atom stereocenters. The first-order chi connectivity index (χ1) is 10.8. The first-order valence-corrected chi connectivity index (χ1v) is 8.98. The Kier molecular flexibility index (Phi) is 6.66. The quantitative estimate of drug-likeness (QED) is 0.676. The summed E-state index contributed by atoms with van der Waals surface area (Å²) in [5.74, 6) is -0.256. The van der Waals surface area contributed by atoms with Crippen LogP contribution in [0.4, 0.5) is 0 Å². The molecule has 0 bridgehead atoms. The molecule has 2 aromatic carbocycles. The summed E-state index contributed by atoms with van der Waals surface area (Å²) in [5, 5.41) is 0. The van der Waals surface area contributed by atoms with Crippen molar-refractivity contribution in [3.63, 3.8) is 0 Å². The molecule has 4 nitrogen and oxygen atoms in total. The Morgan fingerprint density at radius 2 is 1.74 bits per heavy atom. The van der Waals surface area contributed by atoms with Gasteiger partial charge in [-0.2, -0.15) is 8.42 Å². The van der Waals surface area contributed by atoms with Crippen molar-refractivity contribution in [1.82, 2.24) is 0 Å². The first-order valence-electron chi connectivity index (χ1n) is 7.54. The number of benzene rings is 2. The van der Waals surface area contributed by atoms with Crippen molar-refractivity contribution in [3.8, 4) is 0 Å². The summed E-state index contributed by atoms with van der Waals surface area (Å²) in [6.07, 6.45) is 0.811. The van der Waals surface area contributed by atoms with Crippen LogP contribution in [0, 0.1) is 6.92 Å². The predicted molar refractivity (Wildman–Crippen MR) is 91.6 cm³/mol. The van der Waals surface area contributed by atoms with E-state index in [0.717, 1.165) is 17.5 Å². The number of hydrogen-bond acceptors (Lipinski definition) is 3. The fourth-order valence-corrected chi connectivity index (χ4v) is 2.61. The van der Waals surface area contributed by atoms with Gasteiger partial charge < -0.3 is 0 Å². The molecule has 0 aromatic heterocycles. The zero-order chi connectivity index (χ0) is 17.6. The molecule has 0 saturated carbocycles. The van der Waals surface area contributed by atoms with Gasteiger partial charge in [0.1, 0.15) is 0 Å². The summed E-state index contributed by atoms with van der Waals surface area (Å²) < 4.78 is 31.4. The van der Waals surface area contributed by atoms with Crippen molar-refractivity contribution >= 4 is 15.9 Å². The lowest BCUT2D eigenvalue weighted by Gasteiger charge is -2.08. The highest BCUT2D eigenvalue weighted by atomic mass is 32.2. The fraction of sp³-hybridized carbons (Fsp3) is 0.278. The van der Waals surface area contributed by atoms with Gasteiger partial charge in [0.15, 0.2) is 5.78 Å². The lowest BCUT2D eigenvalue weighted by atomic mass is 9.96. The molecule has 0 heterocycles. The summed E-state index contributed by atoms with van der Waals surface area (Å²) in [4.78, 5) is 12.3. The van der Waals surface area contributed by atoms with Gasteiger partial charge in [0.05, 0.1) is 4.90 Å². The summed E-state index contributed by atoms with van der Waals surface area (Å²) in [6, 6.07) is 11.1. The minimum Gasteiger partial charge on any atom is -0.289 e. The maximum absolute atomic E-state index is 12.5. The Hall–Kier alpha value is -1.98. The van der Waals surface area contributed by atoms with E-state index in [1.807, 2.05) is 45.9 Å². The Morgan fingerprint density at radius 3 is 2.30 bits per heavy atom. The molecule has 124 valence electrons. The SMILES string of the molecule is CC.CCc1ccc(C)c(C(=O)c2cccc(S(=O)(=O)O)c2)c1. The molecule has 0 unspecified atom stereocenters. The number of carbonyl (C=O) groups is 1. The van der Waals surface area contributed by atoms with Crippen molar-refractivity contribution in [2.24, 2.45) is 0 Å². The van der Waals surface area contributed by atoms with Crippen LogP contribution < -0.4 is 0 Å². The van der Waals surface area contributed by atoms with Crippen LogP contribution in [-0.2, 0) is 16.5 Å². The van der Waals surface area contributed by atoms with Crippen molar-refractivity contribution in [2.45, 2.75) is 39.0 Å².